The van der Waals surface area contributed by atoms with E-state index in [2.05, 4.69) is 32.9 Å². The van der Waals surface area contributed by atoms with Gasteiger partial charge in [-0.05, 0) is 91.0 Å². The first-order valence-electron chi connectivity index (χ1n) is 8.76. The van der Waals surface area contributed by atoms with Gasteiger partial charge in [0.1, 0.15) is 0 Å². The number of halogens is 1. The number of nitrogens with zero attached hydrogens (tertiary/aromatic N) is 1. The Hall–Kier alpha value is -2.00. The van der Waals surface area contributed by atoms with Crippen LogP contribution in [0.1, 0.15) is 25.0 Å². The Morgan fingerprint density at radius 2 is 1.93 bits per heavy atom. The van der Waals surface area contributed by atoms with Gasteiger partial charge in [0.15, 0.2) is 16.7 Å². The van der Waals surface area contributed by atoms with Gasteiger partial charge in [-0.1, -0.05) is 17.7 Å². The largest absolute Gasteiger partial charge is 0.493 e. The third-order valence-electron chi connectivity index (χ3n) is 3.82. The maximum Gasteiger partial charge on any atom is 0.264 e. The van der Waals surface area contributed by atoms with E-state index in [4.69, 9.17) is 9.47 Å². The molecular formula is C21H21IN2O3S. The number of nitrogens with one attached hydrogen (secondary N) is 1. The summed E-state index contributed by atoms with van der Waals surface area (Å²) in [5.41, 5.74) is 2.84. The first-order valence-corrected chi connectivity index (χ1v) is 10.7. The Kier molecular flexibility index (Phi) is 6.66. The van der Waals surface area contributed by atoms with Gasteiger partial charge < -0.3 is 14.8 Å². The third-order valence-corrected chi connectivity index (χ3v) is 5.53. The molecule has 1 amide bonds. The van der Waals surface area contributed by atoms with Crippen molar-refractivity contribution in [2.24, 2.45) is 4.99 Å². The molecule has 0 atom stereocenters. The van der Waals surface area contributed by atoms with Crippen molar-refractivity contribution >= 4 is 57.2 Å². The minimum atomic E-state index is -0.160. The minimum Gasteiger partial charge on any atom is -0.493 e. The molecule has 0 radical (unpaired) electrons. The lowest BCUT2D eigenvalue weighted by molar-refractivity contribution is -0.115. The highest BCUT2D eigenvalue weighted by molar-refractivity contribution is 14.1. The van der Waals surface area contributed by atoms with Crippen molar-refractivity contribution in [2.45, 2.75) is 26.9 Å². The maximum absolute atomic E-state index is 12.3. The summed E-state index contributed by atoms with van der Waals surface area (Å²) in [6.45, 7) is 5.97. The summed E-state index contributed by atoms with van der Waals surface area (Å²) in [6.07, 6.45) is 1.88. The number of carbonyl (C=O) groups excluding carboxylic acids is 1. The molecule has 0 unspecified atom stereocenters. The summed E-state index contributed by atoms with van der Waals surface area (Å²) in [5, 5.41) is 3.39. The van der Waals surface area contributed by atoms with Crippen LogP contribution in [0, 0.1) is 10.5 Å². The number of hydrogen-bond acceptors (Lipinski definition) is 5. The quantitative estimate of drug-likeness (QED) is 0.441. The van der Waals surface area contributed by atoms with Crippen LogP contribution in [0.5, 0.6) is 11.5 Å². The average Bonchev–Trinajstić information content (AvgIpc) is 2.97. The molecule has 7 heteroatoms. The van der Waals surface area contributed by atoms with Crippen LogP contribution >= 0.6 is 34.4 Å². The summed E-state index contributed by atoms with van der Waals surface area (Å²) >= 11 is 3.54. The maximum atomic E-state index is 12.3. The summed E-state index contributed by atoms with van der Waals surface area (Å²) < 4.78 is 12.3. The second-order valence-electron chi connectivity index (χ2n) is 6.52. The SMILES string of the molecule is COc1cc(/C=C2/SC(=Nc3ccc(C)cc3)NC2=O)cc(I)c1OC(C)C. The summed E-state index contributed by atoms with van der Waals surface area (Å²) in [6, 6.07) is 11.7. The fourth-order valence-electron chi connectivity index (χ4n) is 2.54. The van der Waals surface area contributed by atoms with Gasteiger partial charge in [0.2, 0.25) is 0 Å². The van der Waals surface area contributed by atoms with Gasteiger partial charge in [-0.25, -0.2) is 4.99 Å². The van der Waals surface area contributed by atoms with Gasteiger partial charge in [-0.2, -0.15) is 0 Å². The molecule has 3 rings (SSSR count). The smallest absolute Gasteiger partial charge is 0.264 e. The molecule has 1 N–H and O–H groups in total. The number of amidine groups is 1. The predicted octanol–water partition coefficient (Wildman–Crippen LogP) is 5.29. The Bertz CT molecular complexity index is 953. The summed E-state index contributed by atoms with van der Waals surface area (Å²) in [7, 11) is 1.61. The van der Waals surface area contributed by atoms with Gasteiger partial charge in [-0.3, -0.25) is 4.79 Å². The van der Waals surface area contributed by atoms with E-state index in [0.717, 1.165) is 14.8 Å². The van der Waals surface area contributed by atoms with Gasteiger partial charge in [0.25, 0.3) is 5.91 Å². The minimum absolute atomic E-state index is 0.0447. The second-order valence-corrected chi connectivity index (χ2v) is 8.71. The number of aryl methyl sites for hydroxylation is 1. The van der Waals surface area contributed by atoms with E-state index in [9.17, 15) is 4.79 Å². The van der Waals surface area contributed by atoms with Crippen LogP contribution in [0.4, 0.5) is 5.69 Å². The fourth-order valence-corrected chi connectivity index (χ4v) is 4.14. The lowest BCUT2D eigenvalue weighted by atomic mass is 10.2. The van der Waals surface area contributed by atoms with Crippen LogP contribution in [0.2, 0.25) is 0 Å². The molecular weight excluding hydrogens is 487 g/mol. The lowest BCUT2D eigenvalue weighted by Gasteiger charge is -2.16. The first kappa shape index (κ1) is 20.7. The zero-order valence-electron chi connectivity index (χ0n) is 16.1. The van der Waals surface area contributed by atoms with E-state index in [1.807, 2.05) is 63.2 Å². The van der Waals surface area contributed by atoms with Gasteiger partial charge in [0, 0.05) is 0 Å². The summed E-state index contributed by atoms with van der Waals surface area (Å²) in [4.78, 5) is 17.4. The molecule has 0 saturated carbocycles. The molecule has 0 bridgehead atoms. The number of thioether (sulfide) groups is 1. The molecule has 2 aromatic carbocycles. The number of ether oxygens (including phenoxy) is 2. The molecule has 1 aliphatic rings. The molecule has 1 heterocycles. The van der Waals surface area contributed by atoms with Crippen molar-refractivity contribution in [3.8, 4) is 11.5 Å². The van der Waals surface area contributed by atoms with Crippen LogP contribution in [-0.4, -0.2) is 24.3 Å². The highest BCUT2D eigenvalue weighted by Crippen LogP contribution is 2.36. The molecule has 1 aliphatic heterocycles. The van der Waals surface area contributed by atoms with Crippen molar-refractivity contribution in [2.75, 3.05) is 7.11 Å². The highest BCUT2D eigenvalue weighted by atomic mass is 127. The molecule has 146 valence electrons. The lowest BCUT2D eigenvalue weighted by Crippen LogP contribution is -2.19. The van der Waals surface area contributed by atoms with Crippen molar-refractivity contribution in [1.29, 1.82) is 0 Å². The van der Waals surface area contributed by atoms with Crippen LogP contribution < -0.4 is 14.8 Å². The molecule has 2 aromatic rings. The van der Waals surface area contributed by atoms with Gasteiger partial charge in [-0.15, -0.1) is 0 Å². The normalized spacial score (nSPS) is 16.7. The van der Waals surface area contributed by atoms with Crippen molar-refractivity contribution in [3.05, 3.63) is 56.0 Å². The zero-order chi connectivity index (χ0) is 20.3. The zero-order valence-corrected chi connectivity index (χ0v) is 19.1. The monoisotopic (exact) mass is 508 g/mol. The van der Waals surface area contributed by atoms with E-state index >= 15 is 0 Å². The highest BCUT2D eigenvalue weighted by Gasteiger charge is 2.24. The van der Waals surface area contributed by atoms with Crippen LogP contribution in [0.3, 0.4) is 0 Å². The molecule has 1 saturated heterocycles. The van der Waals surface area contributed by atoms with E-state index in [1.165, 1.54) is 17.3 Å². The Morgan fingerprint density at radius 1 is 1.21 bits per heavy atom. The molecule has 0 aromatic heterocycles. The average molecular weight is 508 g/mol. The van der Waals surface area contributed by atoms with E-state index in [1.54, 1.807) is 7.11 Å². The van der Waals surface area contributed by atoms with Gasteiger partial charge in [0.05, 0.1) is 27.4 Å². The number of methoxy groups -OCH3 is 1. The predicted molar refractivity (Wildman–Crippen MR) is 123 cm³/mol. The number of amides is 1. The van der Waals surface area contributed by atoms with Crippen LogP contribution in [-0.2, 0) is 4.79 Å². The van der Waals surface area contributed by atoms with E-state index < -0.39 is 0 Å². The molecule has 5 nitrogen and oxygen atoms in total. The number of rotatable bonds is 5. The Balaban J connectivity index is 1.86. The third kappa shape index (κ3) is 5.08. The second kappa shape index (κ2) is 9.00. The van der Waals surface area contributed by atoms with E-state index in [0.29, 0.717) is 21.6 Å². The summed E-state index contributed by atoms with van der Waals surface area (Å²) in [5.74, 6) is 1.20. The topological polar surface area (TPSA) is 59.9 Å². The standard InChI is InChI=1S/C21H21IN2O3S/c1-12(2)27-19-16(22)9-14(10-17(19)26-4)11-18-20(25)24-21(28-18)23-15-7-5-13(3)6-8-15/h5-12H,1-4H3,(H,23,24,25)/b18-11+. The number of benzene rings is 2. The number of hydrogen-bond donors (Lipinski definition) is 1. The first-order chi connectivity index (χ1) is 13.4. The van der Waals surface area contributed by atoms with Crippen LogP contribution in [0.15, 0.2) is 46.3 Å². The molecule has 0 spiro atoms. The number of carbonyl (C=O) groups is 1. The van der Waals surface area contributed by atoms with Gasteiger partial charge >= 0.3 is 0 Å². The Morgan fingerprint density at radius 3 is 2.57 bits per heavy atom. The number of aliphatic imine (C=N–C) groups is 1. The van der Waals surface area contributed by atoms with Crippen LogP contribution in [0.25, 0.3) is 6.08 Å². The van der Waals surface area contributed by atoms with Crippen molar-refractivity contribution in [3.63, 3.8) is 0 Å². The Labute approximate surface area is 182 Å². The van der Waals surface area contributed by atoms with E-state index in [-0.39, 0.29) is 12.0 Å². The molecule has 1 fully saturated rings. The van der Waals surface area contributed by atoms with Crippen molar-refractivity contribution in [1.82, 2.24) is 5.32 Å². The van der Waals surface area contributed by atoms with Crippen molar-refractivity contribution < 1.29 is 14.3 Å². The fraction of sp³-hybridized carbons (Fsp3) is 0.238. The molecule has 28 heavy (non-hydrogen) atoms. The molecule has 0 aliphatic carbocycles.